The standard InChI is InChI=1S/C17H20N2O/c1-18(2)13-14-19(16-11-7-4-8-12-16)17(20)15-9-5-3-6-10-15/h3-12H,13-14H2,1-2H3. The second kappa shape index (κ2) is 6.87. The molecule has 0 N–H and O–H groups in total. The molecule has 3 nitrogen and oxygen atoms in total. The maximum absolute atomic E-state index is 12.7. The summed E-state index contributed by atoms with van der Waals surface area (Å²) in [5.74, 6) is 0.0404. The molecule has 0 heterocycles. The van der Waals surface area contributed by atoms with E-state index in [9.17, 15) is 4.79 Å². The number of amides is 1. The molecule has 104 valence electrons. The Hall–Kier alpha value is -2.13. The van der Waals surface area contributed by atoms with Crippen LogP contribution in [0.15, 0.2) is 60.7 Å². The van der Waals surface area contributed by atoms with Gasteiger partial charge in [-0.3, -0.25) is 4.79 Å². The first-order valence-electron chi connectivity index (χ1n) is 6.75. The fourth-order valence-electron chi connectivity index (χ4n) is 1.99. The molecule has 0 aliphatic rings. The number of carbonyl (C=O) groups excluding carboxylic acids is 1. The molecule has 0 aliphatic carbocycles. The summed E-state index contributed by atoms with van der Waals surface area (Å²) in [7, 11) is 4.02. The molecule has 0 aliphatic heterocycles. The fraction of sp³-hybridized carbons (Fsp3) is 0.235. The number of carbonyl (C=O) groups is 1. The first kappa shape index (κ1) is 14.3. The molecule has 2 aromatic rings. The minimum Gasteiger partial charge on any atom is -0.308 e. The highest BCUT2D eigenvalue weighted by Gasteiger charge is 2.17. The normalized spacial score (nSPS) is 10.6. The van der Waals surface area contributed by atoms with Crippen LogP contribution in [0.25, 0.3) is 0 Å². The molecule has 0 radical (unpaired) electrons. The van der Waals surface area contributed by atoms with Crippen LogP contribution in [-0.4, -0.2) is 38.0 Å². The molecule has 2 rings (SSSR count). The van der Waals surface area contributed by atoms with Crippen LogP contribution in [0.5, 0.6) is 0 Å². The van der Waals surface area contributed by atoms with Crippen molar-refractivity contribution in [1.82, 2.24) is 4.90 Å². The number of likely N-dealkylation sites (N-methyl/N-ethyl adjacent to an activating group) is 1. The highest BCUT2D eigenvalue weighted by atomic mass is 16.2. The van der Waals surface area contributed by atoms with E-state index in [4.69, 9.17) is 0 Å². The van der Waals surface area contributed by atoms with Crippen molar-refractivity contribution < 1.29 is 4.79 Å². The Balaban J connectivity index is 2.25. The third-order valence-corrected chi connectivity index (χ3v) is 3.10. The number of nitrogens with zero attached hydrogens (tertiary/aromatic N) is 2. The van der Waals surface area contributed by atoms with Crippen LogP contribution >= 0.6 is 0 Å². The predicted molar refractivity (Wildman–Crippen MR) is 83.1 cm³/mol. The first-order chi connectivity index (χ1) is 9.68. The minimum atomic E-state index is 0.0404. The lowest BCUT2D eigenvalue weighted by Gasteiger charge is -2.24. The largest absolute Gasteiger partial charge is 0.308 e. The summed E-state index contributed by atoms with van der Waals surface area (Å²) in [6.45, 7) is 1.50. The lowest BCUT2D eigenvalue weighted by Crippen LogP contribution is -2.36. The van der Waals surface area contributed by atoms with Crippen LogP contribution in [0.3, 0.4) is 0 Å². The van der Waals surface area contributed by atoms with Crippen LogP contribution in [0.1, 0.15) is 10.4 Å². The Morgan fingerprint density at radius 2 is 1.40 bits per heavy atom. The van der Waals surface area contributed by atoms with E-state index in [1.165, 1.54) is 0 Å². The van der Waals surface area contributed by atoms with E-state index in [1.54, 1.807) is 0 Å². The van der Waals surface area contributed by atoms with Crippen molar-refractivity contribution in [3.8, 4) is 0 Å². The highest BCUT2D eigenvalue weighted by Crippen LogP contribution is 2.16. The van der Waals surface area contributed by atoms with Gasteiger partial charge in [-0.05, 0) is 38.4 Å². The summed E-state index contributed by atoms with van der Waals surface area (Å²) < 4.78 is 0. The third kappa shape index (κ3) is 3.68. The van der Waals surface area contributed by atoms with Gasteiger partial charge in [-0.1, -0.05) is 36.4 Å². The van der Waals surface area contributed by atoms with Crippen LogP contribution in [0, 0.1) is 0 Å². The summed E-state index contributed by atoms with van der Waals surface area (Å²) >= 11 is 0. The quantitative estimate of drug-likeness (QED) is 0.832. The SMILES string of the molecule is CN(C)CCN(C(=O)c1ccccc1)c1ccccc1. The van der Waals surface area contributed by atoms with Gasteiger partial charge in [0.05, 0.1) is 0 Å². The number of benzene rings is 2. The van der Waals surface area contributed by atoms with Gasteiger partial charge in [-0.25, -0.2) is 0 Å². The van der Waals surface area contributed by atoms with Crippen molar-refractivity contribution in [1.29, 1.82) is 0 Å². The zero-order valence-corrected chi connectivity index (χ0v) is 12.0. The summed E-state index contributed by atoms with van der Waals surface area (Å²) in [4.78, 5) is 16.6. The van der Waals surface area contributed by atoms with Gasteiger partial charge in [-0.15, -0.1) is 0 Å². The number of hydrogen-bond acceptors (Lipinski definition) is 2. The van der Waals surface area contributed by atoms with Crippen molar-refractivity contribution in [2.45, 2.75) is 0 Å². The first-order valence-corrected chi connectivity index (χ1v) is 6.75. The van der Waals surface area contributed by atoms with E-state index >= 15 is 0 Å². The second-order valence-corrected chi connectivity index (χ2v) is 4.96. The van der Waals surface area contributed by atoms with Crippen LogP contribution < -0.4 is 4.90 Å². The molecular weight excluding hydrogens is 248 g/mol. The summed E-state index contributed by atoms with van der Waals surface area (Å²) in [6.07, 6.45) is 0. The van der Waals surface area contributed by atoms with Crippen molar-refractivity contribution in [3.63, 3.8) is 0 Å². The zero-order chi connectivity index (χ0) is 14.4. The van der Waals surface area contributed by atoms with Gasteiger partial charge in [0.2, 0.25) is 0 Å². The Kier molecular flexibility index (Phi) is 4.91. The molecule has 1 amide bonds. The summed E-state index contributed by atoms with van der Waals surface area (Å²) in [5, 5.41) is 0. The van der Waals surface area contributed by atoms with E-state index in [-0.39, 0.29) is 5.91 Å². The van der Waals surface area contributed by atoms with Gasteiger partial charge in [0, 0.05) is 24.3 Å². The average molecular weight is 268 g/mol. The molecule has 2 aromatic carbocycles. The van der Waals surface area contributed by atoms with Gasteiger partial charge >= 0.3 is 0 Å². The molecule has 0 fully saturated rings. The fourth-order valence-corrected chi connectivity index (χ4v) is 1.99. The van der Waals surface area contributed by atoms with Crippen molar-refractivity contribution >= 4 is 11.6 Å². The van der Waals surface area contributed by atoms with Crippen molar-refractivity contribution in [3.05, 3.63) is 66.2 Å². The maximum atomic E-state index is 12.7. The van der Waals surface area contributed by atoms with Crippen LogP contribution in [0.2, 0.25) is 0 Å². The number of rotatable bonds is 5. The zero-order valence-electron chi connectivity index (χ0n) is 12.0. The average Bonchev–Trinajstić information content (AvgIpc) is 2.49. The number of para-hydroxylation sites is 1. The number of hydrogen-bond donors (Lipinski definition) is 0. The molecule has 20 heavy (non-hydrogen) atoms. The molecule has 0 spiro atoms. The smallest absolute Gasteiger partial charge is 0.258 e. The molecule has 0 saturated carbocycles. The van der Waals surface area contributed by atoms with Gasteiger partial charge in [-0.2, -0.15) is 0 Å². The van der Waals surface area contributed by atoms with Crippen molar-refractivity contribution in [2.24, 2.45) is 0 Å². The molecule has 0 unspecified atom stereocenters. The topological polar surface area (TPSA) is 23.6 Å². The van der Waals surface area contributed by atoms with Gasteiger partial charge < -0.3 is 9.80 Å². The molecule has 0 aromatic heterocycles. The molecule has 0 bridgehead atoms. The van der Waals surface area contributed by atoms with Crippen LogP contribution in [0.4, 0.5) is 5.69 Å². The number of anilines is 1. The van der Waals surface area contributed by atoms with Gasteiger partial charge in [0.1, 0.15) is 0 Å². The van der Waals surface area contributed by atoms with E-state index in [2.05, 4.69) is 4.90 Å². The van der Waals surface area contributed by atoms with E-state index < -0.39 is 0 Å². The van der Waals surface area contributed by atoms with E-state index in [0.29, 0.717) is 6.54 Å². The Labute approximate surface area is 120 Å². The summed E-state index contributed by atoms with van der Waals surface area (Å²) in [5.41, 5.74) is 1.65. The lowest BCUT2D eigenvalue weighted by atomic mass is 10.2. The highest BCUT2D eigenvalue weighted by molar-refractivity contribution is 6.06. The van der Waals surface area contributed by atoms with Crippen LogP contribution in [-0.2, 0) is 0 Å². The van der Waals surface area contributed by atoms with Crippen molar-refractivity contribution in [2.75, 3.05) is 32.1 Å². The Morgan fingerprint density at radius 1 is 0.850 bits per heavy atom. The van der Waals surface area contributed by atoms with Gasteiger partial charge in [0.15, 0.2) is 0 Å². The van der Waals surface area contributed by atoms with Gasteiger partial charge in [0.25, 0.3) is 5.91 Å². The monoisotopic (exact) mass is 268 g/mol. The lowest BCUT2D eigenvalue weighted by molar-refractivity contribution is 0.0985. The predicted octanol–water partition coefficient (Wildman–Crippen LogP) is 2.90. The molecule has 3 heteroatoms. The Bertz CT molecular complexity index is 537. The van der Waals surface area contributed by atoms with E-state index in [1.807, 2.05) is 79.7 Å². The Morgan fingerprint density at radius 3 is 1.95 bits per heavy atom. The summed E-state index contributed by atoms with van der Waals surface area (Å²) in [6, 6.07) is 19.2. The van der Waals surface area contributed by atoms with E-state index in [0.717, 1.165) is 17.8 Å². The minimum absolute atomic E-state index is 0.0404. The molecule has 0 saturated heterocycles. The molecular formula is C17H20N2O. The molecule has 0 atom stereocenters. The third-order valence-electron chi connectivity index (χ3n) is 3.10. The second-order valence-electron chi connectivity index (χ2n) is 4.96. The maximum Gasteiger partial charge on any atom is 0.258 e.